The Balaban J connectivity index is 1.18. The van der Waals surface area contributed by atoms with Crippen molar-refractivity contribution in [3.05, 3.63) is 103 Å². The second kappa shape index (κ2) is 16.6. The van der Waals surface area contributed by atoms with Gasteiger partial charge < -0.3 is 120 Å². The summed E-state index contributed by atoms with van der Waals surface area (Å²) in [4.78, 5) is 86.2. The molecule has 0 radical (unpaired) electrons. The molecule has 402 valence electrons. The molecule has 5 aliphatic heterocycles. The second-order valence-corrected chi connectivity index (χ2v) is 17.7. The number of phenolic OH excluding ortho intramolecular Hbond substituents is 12. The molecular weight excluding hydrogens is 1060 g/mol. The second-order valence-electron chi connectivity index (χ2n) is 17.7. The van der Waals surface area contributed by atoms with Gasteiger partial charge >= 0.3 is 35.8 Å². The minimum absolute atomic E-state index is 0.301. The summed E-state index contributed by atoms with van der Waals surface area (Å²) in [5.74, 6) is -34.0. The van der Waals surface area contributed by atoms with E-state index in [1.807, 2.05) is 0 Å². The highest BCUT2D eigenvalue weighted by atomic mass is 16.7. The number of hydrogen-bond acceptors (Lipinski definition) is 30. The van der Waals surface area contributed by atoms with Crippen molar-refractivity contribution in [2.24, 2.45) is 0 Å². The van der Waals surface area contributed by atoms with Gasteiger partial charge in [0.05, 0.1) is 27.8 Å². The van der Waals surface area contributed by atoms with Gasteiger partial charge in [-0.05, 0) is 24.3 Å². The quantitative estimate of drug-likeness (QED) is 0.0664. The van der Waals surface area contributed by atoms with Gasteiger partial charge in [-0.1, -0.05) is 0 Å². The first-order valence-electron chi connectivity index (χ1n) is 21.9. The number of aliphatic hydroxyl groups excluding tert-OH is 5. The Kier molecular flexibility index (Phi) is 10.5. The van der Waals surface area contributed by atoms with E-state index in [4.69, 9.17) is 33.2 Å². The molecule has 1 saturated heterocycles. The lowest BCUT2D eigenvalue weighted by Gasteiger charge is -2.43. The maximum Gasteiger partial charge on any atom is 0.342 e. The van der Waals surface area contributed by atoms with Gasteiger partial charge in [-0.3, -0.25) is 0 Å². The highest BCUT2D eigenvalue weighted by molar-refractivity contribution is 6.17. The van der Waals surface area contributed by atoms with Crippen molar-refractivity contribution in [2.45, 2.75) is 42.9 Å². The highest BCUT2D eigenvalue weighted by Gasteiger charge is 2.58. The van der Waals surface area contributed by atoms with Crippen LogP contribution >= 0.6 is 0 Å². The molecule has 7 aliphatic rings. The number of esters is 6. The zero-order valence-electron chi connectivity index (χ0n) is 38.0. The lowest BCUT2D eigenvalue weighted by atomic mass is 9.72. The number of rotatable bonds is 0. The van der Waals surface area contributed by atoms with Crippen molar-refractivity contribution < 1.29 is 149 Å². The lowest BCUT2D eigenvalue weighted by Crippen LogP contribution is -2.62. The molecule has 11 rings (SSSR count). The molecule has 2 aliphatic carbocycles. The number of ether oxygens (including phenoxy) is 7. The normalized spacial score (nSPS) is 24.6. The van der Waals surface area contributed by atoms with E-state index in [0.717, 1.165) is 0 Å². The van der Waals surface area contributed by atoms with Gasteiger partial charge in [0, 0.05) is 44.5 Å². The van der Waals surface area contributed by atoms with Gasteiger partial charge in [0.1, 0.15) is 18.3 Å². The van der Waals surface area contributed by atoms with Gasteiger partial charge in [-0.2, -0.15) is 0 Å². The molecule has 8 bridgehead atoms. The first-order valence-corrected chi connectivity index (χ1v) is 21.9. The minimum Gasteiger partial charge on any atom is -0.505 e. The van der Waals surface area contributed by atoms with E-state index < -0.39 is 255 Å². The predicted molar refractivity (Wildman–Crippen MR) is 239 cm³/mol. The van der Waals surface area contributed by atoms with Gasteiger partial charge in [-0.15, -0.1) is 0 Å². The summed E-state index contributed by atoms with van der Waals surface area (Å²) >= 11 is 0. The highest BCUT2D eigenvalue weighted by Crippen LogP contribution is 2.58. The molecule has 17 N–H and O–H groups in total. The molecule has 5 heterocycles. The van der Waals surface area contributed by atoms with E-state index in [2.05, 4.69) is 0 Å². The number of carbonyl (C=O) groups excluding carboxylic acids is 6. The zero-order chi connectivity index (χ0) is 56.3. The molecule has 4 aromatic carbocycles. The summed E-state index contributed by atoms with van der Waals surface area (Å²) < 4.78 is 38.6. The summed E-state index contributed by atoms with van der Waals surface area (Å²) in [6.45, 7) is -1.43. The maximum atomic E-state index is 15.0. The van der Waals surface area contributed by atoms with Gasteiger partial charge in [-0.25, -0.2) is 28.8 Å². The molecule has 30 nitrogen and oxygen atoms in total. The largest absolute Gasteiger partial charge is 0.505 e. The molecule has 1 fully saturated rings. The molecule has 0 aromatic heterocycles. The van der Waals surface area contributed by atoms with Crippen LogP contribution in [0.4, 0.5) is 0 Å². The third-order valence-electron chi connectivity index (χ3n) is 13.5. The van der Waals surface area contributed by atoms with Crippen molar-refractivity contribution in [3.8, 4) is 80.1 Å². The Morgan fingerprint density at radius 1 is 0.359 bits per heavy atom. The summed E-state index contributed by atoms with van der Waals surface area (Å²) in [6.07, 6.45) is -17.4. The standard InChI is InChI=1S/C48H30O30/c49-11-2-7-16(29(57)26(11)54)17-8(3-12(50)27(55)30(17)58)45(68)78-41-40(77-44(7)67)37-14(73-48(41)71)5-72-42(65)10-1-6(24(52)34(62)25(10)53)15-22-20-21-23(47(70)76-38(20)35(63)32(15)60)19(33(61)36(64)39(21)75-46(22)69)18-9(43(66)74-37)4-13(51)28(56)31(18)59/h1-4,14,37-41,48-64,71H,5H2/t14-,37-,38?,39?,40+,41-,48-/m1/s1. The van der Waals surface area contributed by atoms with Crippen LogP contribution in [-0.4, -0.2) is 172 Å². The summed E-state index contributed by atoms with van der Waals surface area (Å²) in [6, 6.07) is 1.53. The maximum absolute atomic E-state index is 15.0. The number of cyclic esters (lactones) is 1. The van der Waals surface area contributed by atoms with Crippen LogP contribution in [0.15, 0.2) is 69.6 Å². The molecule has 4 aromatic rings. The van der Waals surface area contributed by atoms with Crippen LogP contribution in [0.3, 0.4) is 0 Å². The number of fused-ring (bicyclic) bond motifs is 11. The van der Waals surface area contributed by atoms with Crippen LogP contribution in [0.5, 0.6) is 69.0 Å². The van der Waals surface area contributed by atoms with Crippen molar-refractivity contribution in [1.82, 2.24) is 0 Å². The third kappa shape index (κ3) is 6.55. The summed E-state index contributed by atoms with van der Waals surface area (Å²) in [7, 11) is 0. The SMILES string of the molecule is O=C1OC2C(O)=C(O)C3=C4C(=O)OC5C(O)=C(O)C(=C1C5=C42)c1cc(c(O)c(O)c1O)C(=O)OC[C@H]1O[C@@H](O)[C@@H]2OC(=O)c4cc(O)c(O)c(O)c4-c4c(cc(O)c(O)c4O)C(=O)O[C@H]2[C@@H]1OC(=O)c1cc(O)c(O)c(O)c13. The Labute approximate surface area is 427 Å². The number of benzene rings is 4. The van der Waals surface area contributed by atoms with Crippen LogP contribution in [0.25, 0.3) is 22.3 Å². The molecule has 78 heavy (non-hydrogen) atoms. The van der Waals surface area contributed by atoms with Gasteiger partial charge in [0.25, 0.3) is 0 Å². The summed E-state index contributed by atoms with van der Waals surface area (Å²) in [5, 5.41) is 189. The number of aromatic hydroxyl groups is 12. The Bertz CT molecular complexity index is 3780. The number of carbonyl (C=O) groups is 6. The molecule has 0 amide bonds. The lowest BCUT2D eigenvalue weighted by molar-refractivity contribution is -0.284. The topological polar surface area (TPSA) is 511 Å². The van der Waals surface area contributed by atoms with Crippen molar-refractivity contribution in [3.63, 3.8) is 0 Å². The number of phenols is 12. The fourth-order valence-electron chi connectivity index (χ4n) is 9.99. The van der Waals surface area contributed by atoms with Crippen molar-refractivity contribution >= 4 is 47.0 Å². The first-order chi connectivity index (χ1) is 36.8. The number of allylic oxidation sites excluding steroid dienone is 2. The first kappa shape index (κ1) is 49.3. The Morgan fingerprint density at radius 2 is 0.769 bits per heavy atom. The summed E-state index contributed by atoms with van der Waals surface area (Å²) in [5.41, 5.74) is -15.2. The van der Waals surface area contributed by atoms with E-state index in [0.29, 0.717) is 24.3 Å². The van der Waals surface area contributed by atoms with E-state index >= 15 is 0 Å². The molecule has 7 atom stereocenters. The predicted octanol–water partition coefficient (Wildman–Crippen LogP) is 1.04. The number of hydrogen-bond donors (Lipinski definition) is 17. The van der Waals surface area contributed by atoms with Gasteiger partial charge in [0.15, 0.2) is 106 Å². The van der Waals surface area contributed by atoms with Crippen molar-refractivity contribution in [2.75, 3.05) is 6.61 Å². The van der Waals surface area contributed by atoms with Crippen molar-refractivity contribution in [1.29, 1.82) is 0 Å². The fourth-order valence-corrected chi connectivity index (χ4v) is 9.99. The Morgan fingerprint density at radius 3 is 1.27 bits per heavy atom. The minimum atomic E-state index is -2.68. The van der Waals surface area contributed by atoms with E-state index in [1.54, 1.807) is 0 Å². The molecular formula is C48H30O30. The van der Waals surface area contributed by atoms with Crippen LogP contribution in [0.1, 0.15) is 52.6 Å². The molecule has 30 heteroatoms. The van der Waals surface area contributed by atoms with Crippen LogP contribution in [-0.2, 0) is 42.7 Å². The molecule has 0 saturated carbocycles. The zero-order valence-corrected chi connectivity index (χ0v) is 38.0. The van der Waals surface area contributed by atoms with E-state index in [9.17, 15) is 116 Å². The van der Waals surface area contributed by atoms with Crippen LogP contribution in [0, 0.1) is 0 Å². The van der Waals surface area contributed by atoms with E-state index in [1.165, 1.54) is 0 Å². The monoisotopic (exact) mass is 1090 g/mol. The average Bonchev–Trinajstić information content (AvgIpc) is 3.43. The average molecular weight is 1090 g/mol. The smallest absolute Gasteiger partial charge is 0.342 e. The fraction of sp³-hybridized carbons (Fsp3) is 0.167. The Hall–Kier alpha value is -10.9. The third-order valence-corrected chi connectivity index (χ3v) is 13.5. The van der Waals surface area contributed by atoms with Crippen LogP contribution in [0.2, 0.25) is 0 Å². The molecule has 2 unspecified atom stereocenters. The van der Waals surface area contributed by atoms with Crippen LogP contribution < -0.4 is 0 Å². The van der Waals surface area contributed by atoms with Gasteiger partial charge in [0.2, 0.25) is 23.0 Å². The number of aliphatic hydroxyl groups is 5. The van der Waals surface area contributed by atoms with E-state index in [-0.39, 0.29) is 0 Å². The molecule has 0 spiro atoms.